The first-order valence-corrected chi connectivity index (χ1v) is 10.9. The van der Waals surface area contributed by atoms with Crippen molar-refractivity contribution >= 4 is 34.0 Å². The van der Waals surface area contributed by atoms with Gasteiger partial charge in [-0.05, 0) is 74.0 Å². The van der Waals surface area contributed by atoms with Gasteiger partial charge in [-0.3, -0.25) is 4.79 Å². The molecular weight excluding hydrogens is 488 g/mol. The Balaban J connectivity index is 1.59. The fraction of sp³-hybridized carbons (Fsp3) is 0.160. The highest BCUT2D eigenvalue weighted by Crippen LogP contribution is 2.28. The molecule has 0 aliphatic heterocycles. The minimum atomic E-state index is -0.735. The minimum Gasteiger partial charge on any atom is -0.493 e. The van der Waals surface area contributed by atoms with Gasteiger partial charge in [-0.2, -0.15) is 5.10 Å². The Morgan fingerprint density at radius 2 is 1.70 bits per heavy atom. The van der Waals surface area contributed by atoms with Crippen molar-refractivity contribution in [1.29, 1.82) is 0 Å². The van der Waals surface area contributed by atoms with Gasteiger partial charge in [0.25, 0.3) is 5.91 Å². The maximum absolute atomic E-state index is 12.4. The number of hydrogen-bond donors (Lipinski definition) is 1. The monoisotopic (exact) mass is 510 g/mol. The molecule has 0 bridgehead atoms. The lowest BCUT2D eigenvalue weighted by molar-refractivity contribution is -0.127. The molecule has 1 amide bonds. The summed E-state index contributed by atoms with van der Waals surface area (Å²) in [5.74, 6) is 0.329. The summed E-state index contributed by atoms with van der Waals surface area (Å²) in [6.45, 7) is 3.57. The third kappa shape index (κ3) is 6.92. The first-order chi connectivity index (χ1) is 15.9. The summed E-state index contributed by atoms with van der Waals surface area (Å²) in [7, 11) is 1.47. The van der Waals surface area contributed by atoms with Crippen LogP contribution in [0.25, 0.3) is 0 Å². The number of esters is 1. The highest BCUT2D eigenvalue weighted by Gasteiger charge is 2.15. The van der Waals surface area contributed by atoms with Crippen LogP contribution in [0.5, 0.6) is 17.2 Å². The largest absolute Gasteiger partial charge is 0.493 e. The number of aryl methyl sites for hydroxylation is 1. The fourth-order valence-corrected chi connectivity index (χ4v) is 2.99. The van der Waals surface area contributed by atoms with Gasteiger partial charge in [-0.15, -0.1) is 0 Å². The van der Waals surface area contributed by atoms with Crippen LogP contribution in [-0.4, -0.2) is 31.3 Å². The van der Waals surface area contributed by atoms with E-state index in [9.17, 15) is 9.59 Å². The van der Waals surface area contributed by atoms with Crippen molar-refractivity contribution < 1.29 is 23.8 Å². The minimum absolute atomic E-state index is 0.279. The van der Waals surface area contributed by atoms with Gasteiger partial charge in [0.1, 0.15) is 5.75 Å². The lowest BCUT2D eigenvalue weighted by Crippen LogP contribution is -2.33. The number of rotatable bonds is 8. The van der Waals surface area contributed by atoms with Crippen molar-refractivity contribution in [2.45, 2.75) is 20.0 Å². The van der Waals surface area contributed by atoms with Gasteiger partial charge in [0, 0.05) is 4.47 Å². The van der Waals surface area contributed by atoms with E-state index in [1.807, 2.05) is 31.2 Å². The highest BCUT2D eigenvalue weighted by molar-refractivity contribution is 9.10. The summed E-state index contributed by atoms with van der Waals surface area (Å²) in [5, 5.41) is 3.96. The number of hydrogen-bond acceptors (Lipinski definition) is 6. The zero-order valence-electron chi connectivity index (χ0n) is 18.4. The molecule has 3 aromatic rings. The van der Waals surface area contributed by atoms with Gasteiger partial charge in [-0.1, -0.05) is 33.6 Å². The zero-order chi connectivity index (χ0) is 23.8. The first-order valence-electron chi connectivity index (χ1n) is 10.1. The van der Waals surface area contributed by atoms with Crippen molar-refractivity contribution in [1.82, 2.24) is 5.43 Å². The molecule has 0 aliphatic rings. The lowest BCUT2D eigenvalue weighted by atomic mass is 10.1. The number of benzene rings is 3. The van der Waals surface area contributed by atoms with E-state index in [0.717, 1.165) is 10.0 Å². The number of amides is 1. The Bertz CT molecular complexity index is 1140. The van der Waals surface area contributed by atoms with E-state index in [0.29, 0.717) is 22.6 Å². The van der Waals surface area contributed by atoms with Gasteiger partial charge in [0.2, 0.25) is 0 Å². The van der Waals surface area contributed by atoms with Crippen LogP contribution in [0.2, 0.25) is 0 Å². The smallest absolute Gasteiger partial charge is 0.343 e. The molecule has 7 nitrogen and oxygen atoms in total. The molecule has 3 rings (SSSR count). The van der Waals surface area contributed by atoms with E-state index in [-0.39, 0.29) is 5.75 Å². The summed E-state index contributed by atoms with van der Waals surface area (Å²) in [5.41, 5.74) is 4.58. The number of carbonyl (C=O) groups is 2. The average molecular weight is 511 g/mol. The number of carbonyl (C=O) groups excluding carboxylic acids is 2. The van der Waals surface area contributed by atoms with Gasteiger partial charge < -0.3 is 14.2 Å². The quantitative estimate of drug-likeness (QED) is 0.201. The van der Waals surface area contributed by atoms with Gasteiger partial charge in [-0.25, -0.2) is 10.2 Å². The molecule has 0 fully saturated rings. The predicted octanol–water partition coefficient (Wildman–Crippen LogP) is 4.90. The molecule has 0 radical (unpaired) electrons. The summed E-state index contributed by atoms with van der Waals surface area (Å²) >= 11 is 3.35. The van der Waals surface area contributed by atoms with Crippen LogP contribution >= 0.6 is 15.9 Å². The second kappa shape index (κ2) is 11.3. The second-order valence-corrected chi connectivity index (χ2v) is 8.03. The molecule has 3 aromatic carbocycles. The molecule has 0 aliphatic carbocycles. The van der Waals surface area contributed by atoms with E-state index in [1.54, 1.807) is 49.4 Å². The third-order valence-corrected chi connectivity index (χ3v) is 5.09. The number of nitrogens with zero attached hydrogens (tertiary/aromatic N) is 1. The van der Waals surface area contributed by atoms with Gasteiger partial charge in [0.05, 0.1) is 18.9 Å². The summed E-state index contributed by atoms with van der Waals surface area (Å²) in [6.07, 6.45) is 0.722. The van der Waals surface area contributed by atoms with Crippen LogP contribution in [0, 0.1) is 6.92 Å². The van der Waals surface area contributed by atoms with E-state index >= 15 is 0 Å². The van der Waals surface area contributed by atoms with E-state index < -0.39 is 18.0 Å². The molecule has 1 unspecified atom stereocenters. The summed E-state index contributed by atoms with van der Waals surface area (Å²) in [6, 6.07) is 19.2. The van der Waals surface area contributed by atoms with E-state index in [2.05, 4.69) is 26.5 Å². The van der Waals surface area contributed by atoms with Gasteiger partial charge >= 0.3 is 5.97 Å². The maximum atomic E-state index is 12.4. The molecule has 0 aromatic heterocycles. The van der Waals surface area contributed by atoms with E-state index in [1.165, 1.54) is 13.3 Å². The Morgan fingerprint density at radius 3 is 2.36 bits per heavy atom. The molecule has 0 spiro atoms. The Hall–Kier alpha value is -3.65. The average Bonchev–Trinajstić information content (AvgIpc) is 2.81. The predicted molar refractivity (Wildman–Crippen MR) is 129 cm³/mol. The first kappa shape index (κ1) is 24.0. The Labute approximate surface area is 200 Å². The molecular formula is C25H23BrN2O5. The molecule has 170 valence electrons. The zero-order valence-corrected chi connectivity index (χ0v) is 20.0. The molecule has 1 N–H and O–H groups in total. The number of hydrazone groups is 1. The standard InChI is InChI=1S/C25H23BrN2O5/c1-16-4-7-19(8-5-16)25(30)33-22-13-6-18(14-23(22)31-3)15-27-28-24(29)17(2)32-21-11-9-20(26)10-12-21/h4-15,17H,1-3H3,(H,28,29)/b27-15+. The third-order valence-electron chi connectivity index (χ3n) is 4.56. The fourth-order valence-electron chi connectivity index (χ4n) is 2.73. The Kier molecular flexibility index (Phi) is 8.21. The Morgan fingerprint density at radius 1 is 1.00 bits per heavy atom. The van der Waals surface area contributed by atoms with Crippen LogP contribution < -0.4 is 19.6 Å². The topological polar surface area (TPSA) is 86.2 Å². The molecule has 33 heavy (non-hydrogen) atoms. The van der Waals surface area contributed by atoms with Crippen molar-refractivity contribution in [3.63, 3.8) is 0 Å². The lowest BCUT2D eigenvalue weighted by Gasteiger charge is -2.13. The normalized spacial score (nSPS) is 11.6. The number of ether oxygens (including phenoxy) is 3. The van der Waals surface area contributed by atoms with Gasteiger partial charge in [0.15, 0.2) is 17.6 Å². The maximum Gasteiger partial charge on any atom is 0.343 e. The molecule has 1 atom stereocenters. The van der Waals surface area contributed by atoms with Crippen LogP contribution in [-0.2, 0) is 4.79 Å². The van der Waals surface area contributed by atoms with Crippen LogP contribution in [0.4, 0.5) is 0 Å². The molecule has 0 heterocycles. The summed E-state index contributed by atoms with van der Waals surface area (Å²) < 4.78 is 17.3. The van der Waals surface area contributed by atoms with Crippen molar-refractivity contribution in [2.75, 3.05) is 7.11 Å². The molecule has 0 saturated carbocycles. The van der Waals surface area contributed by atoms with Crippen molar-refractivity contribution in [2.24, 2.45) is 5.10 Å². The molecule has 0 saturated heterocycles. The van der Waals surface area contributed by atoms with Crippen LogP contribution in [0.3, 0.4) is 0 Å². The second-order valence-electron chi connectivity index (χ2n) is 7.11. The van der Waals surface area contributed by atoms with Crippen LogP contribution in [0.1, 0.15) is 28.4 Å². The molecule has 8 heteroatoms. The van der Waals surface area contributed by atoms with Crippen LogP contribution in [0.15, 0.2) is 76.3 Å². The summed E-state index contributed by atoms with van der Waals surface area (Å²) in [4.78, 5) is 24.6. The van der Waals surface area contributed by atoms with E-state index in [4.69, 9.17) is 14.2 Å². The van der Waals surface area contributed by atoms with Crippen molar-refractivity contribution in [3.8, 4) is 17.2 Å². The van der Waals surface area contributed by atoms with Crippen molar-refractivity contribution in [3.05, 3.63) is 87.9 Å². The number of halogens is 1. The number of methoxy groups -OCH3 is 1. The number of nitrogens with one attached hydrogen (secondary N) is 1. The SMILES string of the molecule is COc1cc(/C=N/NC(=O)C(C)Oc2ccc(Br)cc2)ccc1OC(=O)c1ccc(C)cc1. The highest BCUT2D eigenvalue weighted by atomic mass is 79.9.